The first-order valence-electron chi connectivity index (χ1n) is 5.74. The zero-order valence-corrected chi connectivity index (χ0v) is 11.1. The molecular weight excluding hydrogens is 267 g/mol. The van der Waals surface area contributed by atoms with Gasteiger partial charge in [-0.15, -0.1) is 0 Å². The predicted octanol–water partition coefficient (Wildman–Crippen LogP) is 4.05. The van der Waals surface area contributed by atoms with Crippen LogP contribution >= 0.6 is 11.6 Å². The number of carbonyl (C=O) groups is 1. The Hall–Kier alpha value is -1.87. The molecule has 19 heavy (non-hydrogen) atoms. The van der Waals surface area contributed by atoms with Crippen LogP contribution in [0.25, 0.3) is 0 Å². The van der Waals surface area contributed by atoms with Gasteiger partial charge in [-0.1, -0.05) is 35.9 Å². The van der Waals surface area contributed by atoms with Crippen molar-refractivity contribution in [2.45, 2.75) is 6.92 Å². The van der Waals surface area contributed by atoms with Gasteiger partial charge in [0.15, 0.2) is 12.4 Å². The average Bonchev–Trinajstić information content (AvgIpc) is 2.38. The fraction of sp³-hybridized carbons (Fsp3) is 0.133. The predicted molar refractivity (Wildman–Crippen MR) is 72.4 cm³/mol. The lowest BCUT2D eigenvalue weighted by atomic mass is 10.1. The highest BCUT2D eigenvalue weighted by Crippen LogP contribution is 2.25. The van der Waals surface area contributed by atoms with Crippen molar-refractivity contribution >= 4 is 17.4 Å². The van der Waals surface area contributed by atoms with Crippen molar-refractivity contribution in [1.82, 2.24) is 0 Å². The number of rotatable bonds is 4. The summed E-state index contributed by atoms with van der Waals surface area (Å²) in [4.78, 5) is 12.0. The highest BCUT2D eigenvalue weighted by atomic mass is 35.5. The molecule has 0 saturated heterocycles. The SMILES string of the molecule is Cc1ccccc1C(=O)COc1ccc(F)cc1Cl. The third-order valence-electron chi connectivity index (χ3n) is 2.70. The minimum absolute atomic E-state index is 0.129. The van der Waals surface area contributed by atoms with Gasteiger partial charge < -0.3 is 4.74 Å². The van der Waals surface area contributed by atoms with Gasteiger partial charge in [0.1, 0.15) is 11.6 Å². The average molecular weight is 279 g/mol. The summed E-state index contributed by atoms with van der Waals surface area (Å²) >= 11 is 5.81. The Kier molecular flexibility index (Phi) is 4.17. The van der Waals surface area contributed by atoms with Crippen LogP contribution in [0.5, 0.6) is 5.75 Å². The number of halogens is 2. The Bertz CT molecular complexity index is 611. The number of aryl methyl sites for hydroxylation is 1. The molecule has 0 unspecified atom stereocenters. The molecule has 0 aliphatic rings. The molecule has 98 valence electrons. The molecule has 0 aliphatic heterocycles. The number of carbonyl (C=O) groups excluding carboxylic acids is 1. The largest absolute Gasteiger partial charge is 0.484 e. The molecule has 0 spiro atoms. The molecule has 2 aromatic rings. The van der Waals surface area contributed by atoms with E-state index in [0.29, 0.717) is 11.3 Å². The molecule has 2 rings (SSSR count). The monoisotopic (exact) mass is 278 g/mol. The quantitative estimate of drug-likeness (QED) is 0.789. The number of hydrogen-bond acceptors (Lipinski definition) is 2. The Morgan fingerprint density at radius 2 is 2.00 bits per heavy atom. The maximum atomic E-state index is 12.9. The van der Waals surface area contributed by atoms with Gasteiger partial charge in [0.2, 0.25) is 0 Å². The number of benzene rings is 2. The van der Waals surface area contributed by atoms with Gasteiger partial charge in [-0.2, -0.15) is 0 Å². The lowest BCUT2D eigenvalue weighted by molar-refractivity contribution is 0.0921. The smallest absolute Gasteiger partial charge is 0.200 e. The molecule has 4 heteroatoms. The maximum absolute atomic E-state index is 12.9. The van der Waals surface area contributed by atoms with Crippen molar-refractivity contribution in [1.29, 1.82) is 0 Å². The molecule has 0 heterocycles. The highest BCUT2D eigenvalue weighted by molar-refractivity contribution is 6.32. The van der Waals surface area contributed by atoms with E-state index in [1.165, 1.54) is 12.1 Å². The van der Waals surface area contributed by atoms with Crippen LogP contribution in [0.15, 0.2) is 42.5 Å². The van der Waals surface area contributed by atoms with Gasteiger partial charge in [-0.3, -0.25) is 4.79 Å². The molecule has 0 amide bonds. The molecule has 2 aromatic carbocycles. The van der Waals surface area contributed by atoms with Crippen LogP contribution < -0.4 is 4.74 Å². The van der Waals surface area contributed by atoms with E-state index in [2.05, 4.69) is 0 Å². The summed E-state index contributed by atoms with van der Waals surface area (Å²) in [6.45, 7) is 1.73. The summed E-state index contributed by atoms with van der Waals surface area (Å²) in [7, 11) is 0. The summed E-state index contributed by atoms with van der Waals surface area (Å²) in [5.74, 6) is -0.286. The zero-order valence-electron chi connectivity index (χ0n) is 10.3. The molecule has 0 bridgehead atoms. The van der Waals surface area contributed by atoms with E-state index in [1.54, 1.807) is 12.1 Å². The Morgan fingerprint density at radius 3 is 2.68 bits per heavy atom. The summed E-state index contributed by atoms with van der Waals surface area (Å²) < 4.78 is 18.2. The molecule has 0 aliphatic carbocycles. The van der Waals surface area contributed by atoms with E-state index in [0.717, 1.165) is 11.6 Å². The second kappa shape index (κ2) is 5.85. The van der Waals surface area contributed by atoms with Gasteiger partial charge in [0.05, 0.1) is 5.02 Å². The van der Waals surface area contributed by atoms with E-state index in [1.807, 2.05) is 19.1 Å². The molecule has 0 aromatic heterocycles. The van der Waals surface area contributed by atoms with Gasteiger partial charge in [0, 0.05) is 5.56 Å². The van der Waals surface area contributed by atoms with Gasteiger partial charge >= 0.3 is 0 Å². The van der Waals surface area contributed by atoms with Gasteiger partial charge in [-0.25, -0.2) is 4.39 Å². The van der Waals surface area contributed by atoms with Gasteiger partial charge in [0.25, 0.3) is 0 Å². The van der Waals surface area contributed by atoms with Gasteiger partial charge in [-0.05, 0) is 30.7 Å². The first-order chi connectivity index (χ1) is 9.08. The third kappa shape index (κ3) is 3.32. The molecule has 0 saturated carbocycles. The minimum atomic E-state index is -0.442. The number of ketones is 1. The Labute approximate surface area is 115 Å². The summed E-state index contributed by atoms with van der Waals surface area (Å²) in [6, 6.07) is 11.1. The van der Waals surface area contributed by atoms with Crippen LogP contribution in [0, 0.1) is 12.7 Å². The molecular formula is C15H12ClFO2. The van der Waals surface area contributed by atoms with E-state index >= 15 is 0 Å². The van der Waals surface area contributed by atoms with E-state index in [9.17, 15) is 9.18 Å². The Morgan fingerprint density at radius 1 is 1.26 bits per heavy atom. The summed E-state index contributed by atoms with van der Waals surface area (Å²) in [5.41, 5.74) is 1.50. The lowest BCUT2D eigenvalue weighted by Gasteiger charge is -2.08. The number of hydrogen-bond donors (Lipinski definition) is 0. The van der Waals surface area contributed by atoms with Crippen molar-refractivity contribution in [3.05, 3.63) is 64.4 Å². The molecule has 0 atom stereocenters. The molecule has 2 nitrogen and oxygen atoms in total. The van der Waals surface area contributed by atoms with Crippen LogP contribution in [0.2, 0.25) is 5.02 Å². The normalized spacial score (nSPS) is 10.3. The van der Waals surface area contributed by atoms with E-state index < -0.39 is 5.82 Å². The lowest BCUT2D eigenvalue weighted by Crippen LogP contribution is -2.13. The third-order valence-corrected chi connectivity index (χ3v) is 2.99. The maximum Gasteiger partial charge on any atom is 0.200 e. The Balaban J connectivity index is 2.07. The molecule has 0 radical (unpaired) electrons. The second-order valence-corrected chi connectivity index (χ2v) is 4.51. The first kappa shape index (κ1) is 13.6. The van der Waals surface area contributed by atoms with Crippen LogP contribution in [-0.2, 0) is 0 Å². The minimum Gasteiger partial charge on any atom is -0.484 e. The summed E-state index contributed by atoms with van der Waals surface area (Å²) in [6.07, 6.45) is 0. The second-order valence-electron chi connectivity index (χ2n) is 4.10. The standard InChI is InChI=1S/C15H12ClFO2/c1-10-4-2-3-5-12(10)14(18)9-19-15-7-6-11(17)8-13(15)16/h2-8H,9H2,1H3. The van der Waals surface area contributed by atoms with E-state index in [4.69, 9.17) is 16.3 Å². The number of ether oxygens (including phenoxy) is 1. The first-order valence-corrected chi connectivity index (χ1v) is 6.12. The highest BCUT2D eigenvalue weighted by Gasteiger charge is 2.10. The van der Waals surface area contributed by atoms with Crippen molar-refractivity contribution < 1.29 is 13.9 Å². The molecule has 0 fully saturated rings. The van der Waals surface area contributed by atoms with Crippen LogP contribution in [0.3, 0.4) is 0 Å². The van der Waals surface area contributed by atoms with Crippen molar-refractivity contribution in [2.75, 3.05) is 6.61 Å². The summed E-state index contributed by atoms with van der Waals surface area (Å²) in [5, 5.41) is 0.151. The zero-order chi connectivity index (χ0) is 13.8. The number of Topliss-reactive ketones (excluding diaryl/α,β-unsaturated/α-hetero) is 1. The fourth-order valence-corrected chi connectivity index (χ4v) is 1.92. The van der Waals surface area contributed by atoms with Crippen molar-refractivity contribution in [3.8, 4) is 5.75 Å². The topological polar surface area (TPSA) is 26.3 Å². The molecule has 0 N–H and O–H groups in total. The van der Waals surface area contributed by atoms with Crippen molar-refractivity contribution in [2.24, 2.45) is 0 Å². The van der Waals surface area contributed by atoms with Crippen LogP contribution in [0.4, 0.5) is 4.39 Å². The fourth-order valence-electron chi connectivity index (χ4n) is 1.70. The van der Waals surface area contributed by atoms with E-state index in [-0.39, 0.29) is 17.4 Å². The van der Waals surface area contributed by atoms with Crippen molar-refractivity contribution in [3.63, 3.8) is 0 Å². The van der Waals surface area contributed by atoms with Crippen LogP contribution in [-0.4, -0.2) is 12.4 Å². The van der Waals surface area contributed by atoms with Crippen LogP contribution in [0.1, 0.15) is 15.9 Å².